The molecule has 2 rings (SSSR count). The Labute approximate surface area is 138 Å². The summed E-state index contributed by atoms with van der Waals surface area (Å²) < 4.78 is 28.3. The molecule has 3 nitrogen and oxygen atoms in total. The van der Waals surface area contributed by atoms with Crippen molar-refractivity contribution in [3.63, 3.8) is 0 Å². The van der Waals surface area contributed by atoms with Gasteiger partial charge in [0.15, 0.2) is 0 Å². The van der Waals surface area contributed by atoms with Crippen molar-refractivity contribution < 1.29 is 8.42 Å². The smallest absolute Gasteiger partial charge is 0.207 e. The summed E-state index contributed by atoms with van der Waals surface area (Å²) in [6.07, 6.45) is 0.641. The van der Waals surface area contributed by atoms with Crippen molar-refractivity contribution >= 4 is 37.6 Å². The Morgan fingerprint density at radius 1 is 1.14 bits per heavy atom. The number of rotatable bonds is 5. The summed E-state index contributed by atoms with van der Waals surface area (Å²) >= 11 is 9.39. The van der Waals surface area contributed by atoms with Gasteiger partial charge in [-0.1, -0.05) is 52.7 Å². The molecule has 112 valence electrons. The largest absolute Gasteiger partial charge is 0.241 e. The predicted molar refractivity (Wildman–Crippen MR) is 89.0 cm³/mol. The number of aryl methyl sites for hydroxylation is 1. The maximum absolute atomic E-state index is 12.4. The van der Waals surface area contributed by atoms with E-state index in [2.05, 4.69) is 20.7 Å². The number of hydrogen-bond acceptors (Lipinski definition) is 2. The van der Waals surface area contributed by atoms with Crippen LogP contribution >= 0.6 is 27.5 Å². The van der Waals surface area contributed by atoms with Crippen LogP contribution in [-0.2, 0) is 23.0 Å². The summed E-state index contributed by atoms with van der Waals surface area (Å²) in [7, 11) is -3.56. The van der Waals surface area contributed by atoms with Crippen LogP contribution in [0.5, 0.6) is 0 Å². The van der Waals surface area contributed by atoms with Gasteiger partial charge < -0.3 is 0 Å². The third kappa shape index (κ3) is 4.07. The van der Waals surface area contributed by atoms with Crippen LogP contribution in [0.1, 0.15) is 18.1 Å². The molecule has 0 aromatic heterocycles. The molecule has 2 aromatic rings. The predicted octanol–water partition coefficient (Wildman–Crippen LogP) is 4.14. The van der Waals surface area contributed by atoms with Crippen LogP contribution in [0.4, 0.5) is 0 Å². The molecule has 0 aliphatic heterocycles. The Morgan fingerprint density at radius 2 is 1.86 bits per heavy atom. The lowest BCUT2D eigenvalue weighted by molar-refractivity contribution is 0.580. The topological polar surface area (TPSA) is 46.2 Å². The van der Waals surface area contributed by atoms with Crippen molar-refractivity contribution in [3.8, 4) is 0 Å². The van der Waals surface area contributed by atoms with Gasteiger partial charge in [-0.2, -0.15) is 0 Å². The quantitative estimate of drug-likeness (QED) is 0.836. The van der Waals surface area contributed by atoms with E-state index in [1.165, 1.54) is 0 Å². The minimum Gasteiger partial charge on any atom is -0.207 e. The van der Waals surface area contributed by atoms with E-state index in [1.54, 1.807) is 24.3 Å². The Morgan fingerprint density at radius 3 is 2.52 bits per heavy atom. The molecule has 0 heterocycles. The highest BCUT2D eigenvalue weighted by Crippen LogP contribution is 2.22. The van der Waals surface area contributed by atoms with E-state index in [9.17, 15) is 8.42 Å². The first-order valence-electron chi connectivity index (χ1n) is 6.45. The fraction of sp³-hybridized carbons (Fsp3) is 0.200. The van der Waals surface area contributed by atoms with Crippen LogP contribution in [0, 0.1) is 0 Å². The van der Waals surface area contributed by atoms with Gasteiger partial charge in [0.2, 0.25) is 10.0 Å². The van der Waals surface area contributed by atoms with Crippen LogP contribution in [0.3, 0.4) is 0 Å². The summed E-state index contributed by atoms with van der Waals surface area (Å²) in [5, 5.41) is 0.548. The van der Waals surface area contributed by atoms with Crippen molar-refractivity contribution in [2.24, 2.45) is 0 Å². The molecule has 0 saturated heterocycles. The molecule has 0 aliphatic carbocycles. The van der Waals surface area contributed by atoms with Crippen LogP contribution in [0.2, 0.25) is 5.02 Å². The lowest BCUT2D eigenvalue weighted by Gasteiger charge is -2.11. The Kier molecular flexibility index (Phi) is 5.43. The van der Waals surface area contributed by atoms with E-state index in [-0.39, 0.29) is 6.54 Å². The Hall–Kier alpha value is -0.880. The molecule has 0 amide bonds. The number of benzene rings is 2. The van der Waals surface area contributed by atoms with E-state index in [4.69, 9.17) is 11.6 Å². The molecule has 0 atom stereocenters. The van der Waals surface area contributed by atoms with Crippen LogP contribution in [0.15, 0.2) is 51.8 Å². The Balaban J connectivity index is 2.25. The van der Waals surface area contributed by atoms with Gasteiger partial charge in [-0.15, -0.1) is 0 Å². The average molecular weight is 389 g/mol. The van der Waals surface area contributed by atoms with Gasteiger partial charge in [0.1, 0.15) is 0 Å². The first kappa shape index (κ1) is 16.5. The molecule has 0 bridgehead atoms. The molecule has 1 N–H and O–H groups in total. The summed E-state index contributed by atoms with van der Waals surface area (Å²) in [5.74, 6) is 0. The highest BCUT2D eigenvalue weighted by atomic mass is 79.9. The van der Waals surface area contributed by atoms with E-state index in [0.29, 0.717) is 16.3 Å². The zero-order chi connectivity index (χ0) is 15.5. The van der Waals surface area contributed by atoms with E-state index >= 15 is 0 Å². The lowest BCUT2D eigenvalue weighted by atomic mass is 10.2. The molecular formula is C15H15BrClNO2S. The average Bonchev–Trinajstić information content (AvgIpc) is 2.46. The normalized spacial score (nSPS) is 11.6. The highest BCUT2D eigenvalue weighted by Gasteiger charge is 2.18. The zero-order valence-corrected chi connectivity index (χ0v) is 14.6. The lowest BCUT2D eigenvalue weighted by Crippen LogP contribution is -2.24. The molecule has 21 heavy (non-hydrogen) atoms. The van der Waals surface area contributed by atoms with E-state index in [0.717, 1.165) is 15.6 Å². The number of sulfonamides is 1. The standard InChI is InChI=1S/C15H15BrClNO2S/c1-2-11-9-13(16)7-8-15(11)21(19,20)18-10-12-5-3-4-6-14(12)17/h3-9,18H,2,10H2,1H3. The highest BCUT2D eigenvalue weighted by molar-refractivity contribution is 9.10. The van der Waals surface area contributed by atoms with Crippen LogP contribution in [0.25, 0.3) is 0 Å². The third-order valence-corrected chi connectivity index (χ3v) is 5.47. The summed E-state index contributed by atoms with van der Waals surface area (Å²) in [6, 6.07) is 12.3. The van der Waals surface area contributed by atoms with Gasteiger partial charge in [-0.25, -0.2) is 13.1 Å². The second-order valence-corrected chi connectivity index (χ2v) is 7.58. The molecule has 0 saturated carbocycles. The molecule has 0 fully saturated rings. The zero-order valence-electron chi connectivity index (χ0n) is 11.4. The molecule has 2 aromatic carbocycles. The third-order valence-electron chi connectivity index (χ3n) is 3.10. The monoisotopic (exact) mass is 387 g/mol. The second-order valence-electron chi connectivity index (χ2n) is 4.52. The van der Waals surface area contributed by atoms with Crippen LogP contribution < -0.4 is 4.72 Å². The van der Waals surface area contributed by atoms with Crippen molar-refractivity contribution in [3.05, 3.63) is 63.1 Å². The number of nitrogens with one attached hydrogen (secondary N) is 1. The van der Waals surface area contributed by atoms with Crippen molar-refractivity contribution in [2.75, 3.05) is 0 Å². The molecule has 0 radical (unpaired) electrons. The fourth-order valence-corrected chi connectivity index (χ4v) is 3.89. The SMILES string of the molecule is CCc1cc(Br)ccc1S(=O)(=O)NCc1ccccc1Cl. The molecule has 0 aliphatic rings. The van der Waals surface area contributed by atoms with Gasteiger partial charge in [0, 0.05) is 16.0 Å². The number of halogens is 2. The van der Waals surface area contributed by atoms with Crippen molar-refractivity contribution in [1.29, 1.82) is 0 Å². The summed E-state index contributed by atoms with van der Waals surface area (Å²) in [4.78, 5) is 0.306. The molecule has 0 spiro atoms. The maximum atomic E-state index is 12.4. The molecular weight excluding hydrogens is 374 g/mol. The van der Waals surface area contributed by atoms with Gasteiger partial charge >= 0.3 is 0 Å². The first-order valence-corrected chi connectivity index (χ1v) is 9.11. The van der Waals surface area contributed by atoms with Gasteiger partial charge in [-0.05, 0) is 41.8 Å². The van der Waals surface area contributed by atoms with Gasteiger partial charge in [0.25, 0.3) is 0 Å². The van der Waals surface area contributed by atoms with Crippen LogP contribution in [-0.4, -0.2) is 8.42 Å². The van der Waals surface area contributed by atoms with Crippen molar-refractivity contribution in [2.45, 2.75) is 24.8 Å². The molecule has 6 heteroatoms. The van der Waals surface area contributed by atoms with Gasteiger partial charge in [-0.3, -0.25) is 0 Å². The minimum atomic E-state index is -3.56. The van der Waals surface area contributed by atoms with E-state index in [1.807, 2.05) is 25.1 Å². The fourth-order valence-electron chi connectivity index (χ4n) is 1.98. The minimum absolute atomic E-state index is 0.168. The Bertz CT molecular complexity index is 747. The van der Waals surface area contributed by atoms with Gasteiger partial charge in [0.05, 0.1) is 4.90 Å². The van der Waals surface area contributed by atoms with Crippen molar-refractivity contribution in [1.82, 2.24) is 4.72 Å². The van der Waals surface area contributed by atoms with E-state index < -0.39 is 10.0 Å². The maximum Gasteiger partial charge on any atom is 0.241 e. The summed E-state index contributed by atoms with van der Waals surface area (Å²) in [5.41, 5.74) is 1.52. The second kappa shape index (κ2) is 6.92. The molecule has 0 unspecified atom stereocenters. The number of hydrogen-bond donors (Lipinski definition) is 1. The first-order chi connectivity index (χ1) is 9.94. The summed E-state index contributed by atoms with van der Waals surface area (Å²) in [6.45, 7) is 2.09.